The van der Waals surface area contributed by atoms with Crippen molar-refractivity contribution in [1.29, 1.82) is 0 Å². The summed E-state index contributed by atoms with van der Waals surface area (Å²) in [5.41, 5.74) is 1.66. The van der Waals surface area contributed by atoms with E-state index in [2.05, 4.69) is 37.2 Å². The first kappa shape index (κ1) is 71.5. The van der Waals surface area contributed by atoms with Gasteiger partial charge in [0.25, 0.3) is 0 Å². The number of fused-ring (bicyclic) bond motifs is 15. The number of phenolic OH excluding ortho intramolecular Hbond substituents is 3. The maximum absolute atomic E-state index is 15.9. The van der Waals surface area contributed by atoms with Crippen molar-refractivity contribution in [3.8, 4) is 57.1 Å². The number of benzene rings is 5. The lowest BCUT2D eigenvalue weighted by atomic mass is 9.89. The van der Waals surface area contributed by atoms with Crippen LogP contribution in [0.15, 0.2) is 78.9 Å². The number of rotatable bonds is 11. The molecule has 518 valence electrons. The molecule has 0 aromatic heterocycles. The third kappa shape index (κ3) is 15.9. The number of carboxylic acid groups (broad SMARTS) is 1. The molecule has 6 aliphatic rings. The molecule has 5 aromatic carbocycles. The monoisotopic (exact) mass is 1390 g/mol. The predicted molar refractivity (Wildman–Crippen MR) is 333 cm³/mol. The van der Waals surface area contributed by atoms with E-state index >= 15 is 14.4 Å². The topological polar surface area (TPSA) is 512 Å². The van der Waals surface area contributed by atoms with E-state index < -0.39 is 230 Å². The van der Waals surface area contributed by atoms with Crippen molar-refractivity contribution in [3.63, 3.8) is 0 Å². The average Bonchev–Trinajstić information content (AvgIpc) is 0.771. The van der Waals surface area contributed by atoms with Crippen LogP contribution in [0.1, 0.15) is 106 Å². The summed E-state index contributed by atoms with van der Waals surface area (Å²) in [5, 5.41) is 128. The number of primary amides is 1. The Morgan fingerprint density at radius 3 is 1.82 bits per heavy atom. The molecule has 0 unspecified atom stereocenters. The zero-order chi connectivity index (χ0) is 71.0. The van der Waals surface area contributed by atoms with Crippen LogP contribution in [-0.4, -0.2) is 172 Å². The number of amides is 8. The van der Waals surface area contributed by atoms with Gasteiger partial charge in [0, 0.05) is 22.8 Å². The number of carboxylic acids is 1. The number of aliphatic carboxylic acids is 1. The van der Waals surface area contributed by atoms with Crippen LogP contribution in [0.3, 0.4) is 0 Å². The zero-order valence-corrected chi connectivity index (χ0v) is 53.3. The Bertz CT molecular complexity index is 3960. The molecular formula is C63H68Cl2N8O24. The molecule has 5 aromatic rings. The number of aliphatic hydroxyl groups excluding tert-OH is 6. The lowest BCUT2D eigenvalue weighted by molar-refractivity contribution is -0.277. The SMILES string of the molecule is CC(C)C[C@@H](NC(=O)OC(C)(C)C)C(=O)N[C@H]1C(=O)N[C@@H](CC(N)=O)C(=O)N[C@H]2C(=O)N[C@H]3C(=O)N[C@H](C(=O)N[C@H](C(=O)O)c4cc(O)cc(O)c4-c4cc3ccc4O)[C@H](O)c3ccc(c(Cl)c3)Oc3cc2cc(c3O[C@@H]2O[C@H](CO)[C@@H](O)[C@H](O)[C@H]2O)Oc2ccc(cc2Cl)[C@H]1O. The van der Waals surface area contributed by atoms with E-state index in [1.165, 1.54) is 0 Å². The number of carbonyl (C=O) groups excluding carboxylic acids is 8. The van der Waals surface area contributed by atoms with E-state index in [1.54, 1.807) is 34.6 Å². The minimum atomic E-state index is -2.36. The maximum Gasteiger partial charge on any atom is 0.408 e. The van der Waals surface area contributed by atoms with Gasteiger partial charge in [0.05, 0.1) is 23.1 Å². The molecule has 19 N–H and O–H groups in total. The summed E-state index contributed by atoms with van der Waals surface area (Å²) in [6.07, 6.45) is -16.6. The first-order chi connectivity index (χ1) is 45.6. The second kappa shape index (κ2) is 28.9. The number of carbonyl (C=O) groups is 9. The fraction of sp³-hybridized carbons (Fsp3) is 0.381. The highest BCUT2D eigenvalue weighted by Crippen LogP contribution is 2.49. The number of alkyl carbamates (subject to hydrolysis) is 1. The number of halogens is 2. The van der Waals surface area contributed by atoms with Crippen LogP contribution in [0, 0.1) is 5.92 Å². The second-order valence-electron chi connectivity index (χ2n) is 24.5. The summed E-state index contributed by atoms with van der Waals surface area (Å²) in [5.74, 6) is -16.9. The summed E-state index contributed by atoms with van der Waals surface area (Å²) in [7, 11) is 0. The van der Waals surface area contributed by atoms with E-state index in [0.29, 0.717) is 0 Å². The van der Waals surface area contributed by atoms with Gasteiger partial charge in [-0.2, -0.15) is 0 Å². The highest BCUT2D eigenvalue weighted by atomic mass is 35.5. The van der Waals surface area contributed by atoms with Gasteiger partial charge < -0.3 is 118 Å². The smallest absolute Gasteiger partial charge is 0.408 e. The van der Waals surface area contributed by atoms with Crippen LogP contribution in [-0.2, 0) is 47.8 Å². The van der Waals surface area contributed by atoms with Crippen LogP contribution in [0.2, 0.25) is 10.0 Å². The summed E-state index contributed by atoms with van der Waals surface area (Å²) >= 11 is 13.9. The molecule has 1 fully saturated rings. The van der Waals surface area contributed by atoms with Crippen molar-refractivity contribution in [2.24, 2.45) is 11.7 Å². The fourth-order valence-corrected chi connectivity index (χ4v) is 11.5. The van der Waals surface area contributed by atoms with Gasteiger partial charge in [0.2, 0.25) is 53.4 Å². The van der Waals surface area contributed by atoms with Crippen molar-refractivity contribution in [1.82, 2.24) is 37.2 Å². The zero-order valence-electron chi connectivity index (χ0n) is 51.8. The minimum absolute atomic E-state index is 0.0811. The lowest BCUT2D eigenvalue weighted by Crippen LogP contribution is -2.60. The van der Waals surface area contributed by atoms with E-state index in [9.17, 15) is 79.8 Å². The van der Waals surface area contributed by atoms with Crippen LogP contribution in [0.25, 0.3) is 11.1 Å². The first-order valence-electron chi connectivity index (χ1n) is 29.8. The number of nitrogens with one attached hydrogen (secondary N) is 7. The Morgan fingerprint density at radius 2 is 1.25 bits per heavy atom. The van der Waals surface area contributed by atoms with Crippen molar-refractivity contribution in [2.75, 3.05) is 6.61 Å². The molecule has 1 saturated heterocycles. The van der Waals surface area contributed by atoms with E-state index in [1.807, 2.05) is 0 Å². The minimum Gasteiger partial charge on any atom is -0.508 e. The predicted octanol–water partition coefficient (Wildman–Crippen LogP) is 1.17. The number of phenols is 3. The first-order valence-corrected chi connectivity index (χ1v) is 30.5. The quantitative estimate of drug-likeness (QED) is 0.0882. The van der Waals surface area contributed by atoms with Crippen LogP contribution >= 0.6 is 23.2 Å². The van der Waals surface area contributed by atoms with Crippen LogP contribution in [0.5, 0.6) is 46.0 Å². The number of hydrogen-bond donors (Lipinski definition) is 18. The van der Waals surface area contributed by atoms with E-state index in [0.717, 1.165) is 78.9 Å². The lowest BCUT2D eigenvalue weighted by Gasteiger charge is -2.39. The Kier molecular flexibility index (Phi) is 21.3. The third-order valence-corrected chi connectivity index (χ3v) is 16.3. The van der Waals surface area contributed by atoms with Gasteiger partial charge in [-0.3, -0.25) is 33.6 Å². The van der Waals surface area contributed by atoms with Crippen LogP contribution < -0.4 is 57.2 Å². The molecule has 97 heavy (non-hydrogen) atoms. The van der Waals surface area contributed by atoms with Crippen molar-refractivity contribution in [2.45, 2.75) is 138 Å². The molecule has 14 atom stereocenters. The fourth-order valence-electron chi connectivity index (χ4n) is 11.1. The van der Waals surface area contributed by atoms with Gasteiger partial charge in [-0.05, 0) is 110 Å². The van der Waals surface area contributed by atoms with Gasteiger partial charge in [0.1, 0.15) is 107 Å². The molecule has 11 rings (SSSR count). The van der Waals surface area contributed by atoms with E-state index in [4.69, 9.17) is 52.6 Å². The molecule has 0 radical (unpaired) electrons. The average molecular weight is 1390 g/mol. The summed E-state index contributed by atoms with van der Waals surface area (Å²) < 4.78 is 30.2. The normalized spacial score (nSPS) is 25.4. The molecule has 6 aliphatic heterocycles. The van der Waals surface area contributed by atoms with Gasteiger partial charge in [0.15, 0.2) is 17.5 Å². The van der Waals surface area contributed by atoms with Crippen LogP contribution in [0.4, 0.5) is 4.79 Å². The number of nitrogens with two attached hydrogens (primary N) is 1. The largest absolute Gasteiger partial charge is 0.508 e. The maximum atomic E-state index is 15.9. The highest BCUT2D eigenvalue weighted by molar-refractivity contribution is 6.32. The van der Waals surface area contributed by atoms with Gasteiger partial charge >= 0.3 is 12.1 Å². The van der Waals surface area contributed by atoms with Gasteiger partial charge in [-0.25, -0.2) is 9.59 Å². The molecule has 34 heteroatoms. The molecule has 0 saturated carbocycles. The second-order valence-corrected chi connectivity index (χ2v) is 25.4. The standard InChI is InChI=1S/C63H68Cl2N8O24/c1-22(2)12-32(68-62(92)97-63(3,4)5)54(84)72-46-48(79)24-7-10-36(30(64)14-24)93-38-16-26-17-39(53(38)96-61-52(83)51(82)50(81)40(21-74)95-61)94-37-11-8-25(15-31(37)65)49(80)47-59(89)71-45(60(90)91)29-18-27(75)19-35(77)42(29)28-13-23(6-9-34(28)76)43(56(86)73-47)70-57(87)44(26)69-55(85)33(20-41(66)78)67-58(46)88/h6-11,13-19,22,32-33,40,43-52,61,74-77,79-83H,12,20-21H2,1-5H3,(H2,66,78)(H,67,88)(H,68,92)(H,69,85)(H,70,87)(H,71,89)(H,72,84)(H,73,86)(H,90,91)/t32-,33+,40-,43-,44-,45+,46-,47+,48-,49-,50-,51+,52-,61+/m1/s1. The molecule has 6 heterocycles. The number of ether oxygens (including phenoxy) is 5. The summed E-state index contributed by atoms with van der Waals surface area (Å²) in [4.78, 5) is 130. The summed E-state index contributed by atoms with van der Waals surface area (Å²) in [6.45, 7) is 7.13. The Hall–Kier alpha value is -9.77. The van der Waals surface area contributed by atoms with E-state index in [-0.39, 0.29) is 34.8 Å². The van der Waals surface area contributed by atoms with Gasteiger partial charge in [-0.15, -0.1) is 0 Å². The third-order valence-electron chi connectivity index (χ3n) is 15.7. The Labute approximate surface area is 559 Å². The molecule has 0 aliphatic carbocycles. The number of aromatic hydroxyl groups is 3. The van der Waals surface area contributed by atoms with Crippen molar-refractivity contribution >= 4 is 76.6 Å². The van der Waals surface area contributed by atoms with Gasteiger partial charge in [-0.1, -0.05) is 55.2 Å². The molecule has 8 amide bonds. The molecule has 32 nitrogen and oxygen atoms in total. The Balaban J connectivity index is 1.30. The summed E-state index contributed by atoms with van der Waals surface area (Å²) in [6, 6.07) is -1.83. The number of hydrogen-bond acceptors (Lipinski definition) is 23. The number of aliphatic hydroxyl groups is 6. The molecular weight excluding hydrogens is 1320 g/mol. The van der Waals surface area contributed by atoms with Crippen molar-refractivity contribution < 1.29 is 118 Å². The highest BCUT2D eigenvalue weighted by Gasteiger charge is 2.47. The Morgan fingerprint density at radius 1 is 0.660 bits per heavy atom. The van der Waals surface area contributed by atoms with Crippen molar-refractivity contribution in [3.05, 3.63) is 117 Å². The molecule has 11 bridgehead atoms. The molecule has 0 spiro atoms.